The van der Waals surface area contributed by atoms with E-state index in [9.17, 15) is 4.79 Å². The molecule has 0 radical (unpaired) electrons. The van der Waals surface area contributed by atoms with Gasteiger partial charge in [0, 0.05) is 39.2 Å². The van der Waals surface area contributed by atoms with Crippen molar-refractivity contribution in [3.05, 3.63) is 16.3 Å². The van der Waals surface area contributed by atoms with Crippen LogP contribution in [0.4, 0.5) is 0 Å². The lowest BCUT2D eigenvalue weighted by Crippen LogP contribution is -2.40. The summed E-state index contributed by atoms with van der Waals surface area (Å²) in [6.07, 6.45) is 6.12. The Kier molecular flexibility index (Phi) is 6.34. The van der Waals surface area contributed by atoms with Gasteiger partial charge in [-0.2, -0.15) is 5.10 Å². The number of hydrogen-bond acceptors (Lipinski definition) is 4. The van der Waals surface area contributed by atoms with E-state index in [1.807, 2.05) is 4.57 Å². The number of aliphatic imine (C=N–C) groups is 1. The highest BCUT2D eigenvalue weighted by Crippen LogP contribution is 2.24. The Morgan fingerprint density at radius 2 is 2.23 bits per heavy atom. The third-order valence-electron chi connectivity index (χ3n) is 5.09. The van der Waals surface area contributed by atoms with E-state index in [1.54, 1.807) is 4.68 Å². The molecule has 0 saturated carbocycles. The van der Waals surface area contributed by atoms with Gasteiger partial charge in [-0.05, 0) is 46.0 Å². The van der Waals surface area contributed by atoms with Crippen LogP contribution in [0, 0.1) is 0 Å². The molecule has 1 aromatic heterocycles. The lowest BCUT2D eigenvalue weighted by atomic mass is 10.0. The van der Waals surface area contributed by atoms with Crippen molar-refractivity contribution in [3.8, 4) is 0 Å². The van der Waals surface area contributed by atoms with Crippen LogP contribution in [0.2, 0.25) is 0 Å². The van der Waals surface area contributed by atoms with E-state index < -0.39 is 0 Å². The van der Waals surface area contributed by atoms with Crippen molar-refractivity contribution in [2.45, 2.75) is 71.1 Å². The summed E-state index contributed by atoms with van der Waals surface area (Å²) in [5.74, 6) is 1.75. The number of ether oxygens (including phenoxy) is 1. The molecule has 0 aliphatic carbocycles. The minimum Gasteiger partial charge on any atom is -0.373 e. The summed E-state index contributed by atoms with van der Waals surface area (Å²) < 4.78 is 9.23. The Morgan fingerprint density at radius 3 is 2.96 bits per heavy atom. The fourth-order valence-electron chi connectivity index (χ4n) is 3.58. The summed E-state index contributed by atoms with van der Waals surface area (Å²) >= 11 is 0. The highest BCUT2D eigenvalue weighted by Gasteiger charge is 2.29. The lowest BCUT2D eigenvalue weighted by Gasteiger charge is -2.21. The van der Waals surface area contributed by atoms with Crippen LogP contribution in [0.25, 0.3) is 0 Å². The smallest absolute Gasteiger partial charge is 0.345 e. The molecule has 26 heavy (non-hydrogen) atoms. The van der Waals surface area contributed by atoms with E-state index in [0.29, 0.717) is 13.1 Å². The van der Waals surface area contributed by atoms with Crippen molar-refractivity contribution in [2.24, 2.45) is 4.99 Å². The molecular weight excluding hydrogens is 332 g/mol. The minimum atomic E-state index is -0.134. The van der Waals surface area contributed by atoms with Crippen molar-refractivity contribution in [1.82, 2.24) is 25.0 Å². The van der Waals surface area contributed by atoms with E-state index in [1.165, 1.54) is 0 Å². The average molecular weight is 364 g/mol. The molecular formula is C18H32N6O2. The van der Waals surface area contributed by atoms with Gasteiger partial charge >= 0.3 is 5.69 Å². The molecule has 146 valence electrons. The molecule has 0 aromatic carbocycles. The Balaban J connectivity index is 1.47. The van der Waals surface area contributed by atoms with Gasteiger partial charge in [0.2, 0.25) is 0 Å². The molecule has 2 aliphatic rings. The maximum absolute atomic E-state index is 12.3. The number of nitrogens with zero attached hydrogens (tertiary/aromatic N) is 4. The molecule has 1 aromatic rings. The van der Waals surface area contributed by atoms with Gasteiger partial charge in [0.25, 0.3) is 0 Å². The second kappa shape index (κ2) is 8.70. The Morgan fingerprint density at radius 1 is 1.35 bits per heavy atom. The van der Waals surface area contributed by atoms with Gasteiger partial charge in [-0.25, -0.2) is 9.48 Å². The van der Waals surface area contributed by atoms with Crippen LogP contribution >= 0.6 is 0 Å². The topological polar surface area (TPSA) is 85.5 Å². The number of nitrogens with one attached hydrogen (secondary N) is 2. The highest BCUT2D eigenvalue weighted by molar-refractivity contribution is 5.79. The Labute approximate surface area is 155 Å². The largest absolute Gasteiger partial charge is 0.373 e. The van der Waals surface area contributed by atoms with Crippen LogP contribution in [-0.2, 0) is 24.2 Å². The van der Waals surface area contributed by atoms with E-state index in [0.717, 1.165) is 76.6 Å². The number of aromatic nitrogens is 3. The summed E-state index contributed by atoms with van der Waals surface area (Å²) in [5.41, 5.74) is -0.0999. The summed E-state index contributed by atoms with van der Waals surface area (Å²) in [6.45, 7) is 8.68. The van der Waals surface area contributed by atoms with Crippen molar-refractivity contribution in [3.63, 3.8) is 0 Å². The van der Waals surface area contributed by atoms with Gasteiger partial charge in [0.15, 0.2) is 5.96 Å². The van der Waals surface area contributed by atoms with E-state index in [2.05, 4.69) is 34.6 Å². The zero-order chi connectivity index (χ0) is 18.4. The third kappa shape index (κ3) is 4.66. The van der Waals surface area contributed by atoms with Crippen molar-refractivity contribution >= 4 is 5.96 Å². The summed E-state index contributed by atoms with van der Waals surface area (Å²) in [5, 5.41) is 11.1. The maximum Gasteiger partial charge on any atom is 0.345 e. The molecule has 1 atom stereocenters. The van der Waals surface area contributed by atoms with Gasteiger partial charge in [0.05, 0.1) is 12.1 Å². The maximum atomic E-state index is 12.3. The first-order valence-electron chi connectivity index (χ1n) is 9.94. The molecule has 0 bridgehead atoms. The first-order chi connectivity index (χ1) is 12.6. The SMILES string of the molecule is CCNC(=NCC1(C)CCCO1)NCCCn1nc2n(c1=O)CCCC2. The molecule has 3 heterocycles. The average Bonchev–Trinajstić information content (AvgIpc) is 3.21. The standard InChI is InChI=1S/C18H32N6O2/c1-3-19-16(21-14-18(2)9-6-13-26-18)20-10-7-12-24-17(25)23-11-5-4-8-15(23)22-24/h3-14H2,1-2H3,(H2,19,20,21). The fourth-order valence-corrected chi connectivity index (χ4v) is 3.58. The molecule has 3 rings (SSSR count). The highest BCUT2D eigenvalue weighted by atomic mass is 16.5. The number of fused-ring (bicyclic) bond motifs is 1. The first kappa shape index (κ1) is 18.9. The quantitative estimate of drug-likeness (QED) is 0.426. The lowest BCUT2D eigenvalue weighted by molar-refractivity contribution is 0.0283. The van der Waals surface area contributed by atoms with Crippen LogP contribution in [-0.4, -0.2) is 52.1 Å². The Hall–Kier alpha value is -1.83. The fraction of sp³-hybridized carbons (Fsp3) is 0.833. The number of hydrogen-bond donors (Lipinski definition) is 2. The van der Waals surface area contributed by atoms with Crippen molar-refractivity contribution in [2.75, 3.05) is 26.2 Å². The summed E-state index contributed by atoms with van der Waals surface area (Å²) in [6, 6.07) is 0. The van der Waals surface area contributed by atoms with E-state index >= 15 is 0 Å². The minimum absolute atomic E-state index is 0.0339. The summed E-state index contributed by atoms with van der Waals surface area (Å²) in [7, 11) is 0. The third-order valence-corrected chi connectivity index (χ3v) is 5.09. The predicted molar refractivity (Wildman–Crippen MR) is 102 cm³/mol. The number of guanidine groups is 1. The number of aryl methyl sites for hydroxylation is 2. The Bertz CT molecular complexity index is 672. The molecule has 8 heteroatoms. The second-order valence-electron chi connectivity index (χ2n) is 7.41. The summed E-state index contributed by atoms with van der Waals surface area (Å²) in [4.78, 5) is 17.0. The second-order valence-corrected chi connectivity index (χ2v) is 7.41. The normalized spacial score (nSPS) is 23.1. The van der Waals surface area contributed by atoms with Crippen molar-refractivity contribution < 1.29 is 4.74 Å². The molecule has 0 amide bonds. The molecule has 0 spiro atoms. The van der Waals surface area contributed by atoms with Crippen LogP contribution in [0.3, 0.4) is 0 Å². The molecule has 2 N–H and O–H groups in total. The molecule has 1 saturated heterocycles. The van der Waals surface area contributed by atoms with Crippen LogP contribution in [0.5, 0.6) is 0 Å². The molecule has 1 unspecified atom stereocenters. The monoisotopic (exact) mass is 364 g/mol. The zero-order valence-electron chi connectivity index (χ0n) is 16.1. The molecule has 1 fully saturated rings. The van der Waals surface area contributed by atoms with Gasteiger partial charge in [-0.1, -0.05) is 0 Å². The predicted octanol–water partition coefficient (Wildman–Crippen LogP) is 0.895. The van der Waals surface area contributed by atoms with Gasteiger partial charge in [-0.3, -0.25) is 9.56 Å². The first-order valence-corrected chi connectivity index (χ1v) is 9.94. The van der Waals surface area contributed by atoms with E-state index in [4.69, 9.17) is 4.74 Å². The zero-order valence-corrected chi connectivity index (χ0v) is 16.1. The van der Waals surface area contributed by atoms with Gasteiger partial charge in [-0.15, -0.1) is 0 Å². The van der Waals surface area contributed by atoms with E-state index in [-0.39, 0.29) is 11.3 Å². The molecule has 8 nitrogen and oxygen atoms in total. The van der Waals surface area contributed by atoms with Crippen molar-refractivity contribution in [1.29, 1.82) is 0 Å². The van der Waals surface area contributed by atoms with Crippen LogP contribution in [0.15, 0.2) is 9.79 Å². The number of rotatable bonds is 7. The van der Waals surface area contributed by atoms with Gasteiger partial charge < -0.3 is 15.4 Å². The van der Waals surface area contributed by atoms with Gasteiger partial charge in [0.1, 0.15) is 5.82 Å². The molecule has 2 aliphatic heterocycles. The van der Waals surface area contributed by atoms with Crippen LogP contribution < -0.4 is 16.3 Å². The van der Waals surface area contributed by atoms with Crippen LogP contribution in [0.1, 0.15) is 51.8 Å².